The molecular formula is C23H29N3O2. The van der Waals surface area contributed by atoms with Crippen LogP contribution in [0.5, 0.6) is 0 Å². The Morgan fingerprint density at radius 2 is 2.18 bits per heavy atom. The molecule has 1 saturated heterocycles. The van der Waals surface area contributed by atoms with E-state index in [1.165, 1.54) is 5.56 Å². The molecule has 1 aromatic carbocycles. The summed E-state index contributed by atoms with van der Waals surface area (Å²) in [5, 5.41) is 1.03. The average molecular weight is 380 g/mol. The lowest BCUT2D eigenvalue weighted by atomic mass is 9.96. The summed E-state index contributed by atoms with van der Waals surface area (Å²) in [5.74, 6) is 1.89. The molecule has 5 nitrogen and oxygen atoms in total. The Morgan fingerprint density at radius 3 is 3.00 bits per heavy atom. The summed E-state index contributed by atoms with van der Waals surface area (Å²) in [4.78, 5) is 19.8. The van der Waals surface area contributed by atoms with Gasteiger partial charge in [-0.05, 0) is 45.2 Å². The van der Waals surface area contributed by atoms with Crippen LogP contribution in [0.2, 0.25) is 0 Å². The van der Waals surface area contributed by atoms with Gasteiger partial charge in [0.15, 0.2) is 5.76 Å². The summed E-state index contributed by atoms with van der Waals surface area (Å²) in [7, 11) is 0. The van der Waals surface area contributed by atoms with Crippen molar-refractivity contribution in [2.45, 2.75) is 58.9 Å². The number of piperidine rings is 1. The van der Waals surface area contributed by atoms with Gasteiger partial charge in [-0.2, -0.15) is 0 Å². The van der Waals surface area contributed by atoms with Crippen LogP contribution >= 0.6 is 0 Å². The Balaban J connectivity index is 1.56. The molecular weight excluding hydrogens is 350 g/mol. The molecule has 4 rings (SSSR count). The van der Waals surface area contributed by atoms with Gasteiger partial charge in [-0.15, -0.1) is 0 Å². The minimum Gasteiger partial charge on any atom is -0.451 e. The van der Waals surface area contributed by atoms with E-state index in [0.29, 0.717) is 12.3 Å². The van der Waals surface area contributed by atoms with Crippen LogP contribution in [0.3, 0.4) is 0 Å². The highest BCUT2D eigenvalue weighted by Crippen LogP contribution is 2.30. The number of aromatic nitrogens is 2. The van der Waals surface area contributed by atoms with E-state index in [0.717, 1.165) is 61.1 Å². The zero-order valence-corrected chi connectivity index (χ0v) is 17.1. The lowest BCUT2D eigenvalue weighted by Gasteiger charge is -2.32. The van der Waals surface area contributed by atoms with Crippen LogP contribution < -0.4 is 0 Å². The first kappa shape index (κ1) is 18.8. The molecule has 5 heteroatoms. The van der Waals surface area contributed by atoms with Crippen LogP contribution in [0.25, 0.3) is 11.0 Å². The maximum Gasteiger partial charge on any atom is 0.289 e. The second-order valence-electron chi connectivity index (χ2n) is 7.98. The number of benzene rings is 1. The minimum atomic E-state index is 0.00252. The lowest BCUT2D eigenvalue weighted by Crippen LogP contribution is -2.39. The van der Waals surface area contributed by atoms with E-state index < -0.39 is 0 Å². The number of aryl methyl sites for hydroxylation is 3. The predicted octanol–water partition coefficient (Wildman–Crippen LogP) is 5.07. The van der Waals surface area contributed by atoms with E-state index in [1.807, 2.05) is 30.2 Å². The number of likely N-dealkylation sites (tertiary alicyclic amines) is 1. The van der Waals surface area contributed by atoms with Gasteiger partial charge in [0.25, 0.3) is 5.91 Å². The number of fused-ring (bicyclic) bond motifs is 1. The molecule has 0 saturated carbocycles. The van der Waals surface area contributed by atoms with Gasteiger partial charge >= 0.3 is 0 Å². The fourth-order valence-electron chi connectivity index (χ4n) is 4.25. The fourth-order valence-corrected chi connectivity index (χ4v) is 4.25. The molecule has 0 unspecified atom stereocenters. The normalized spacial score (nSPS) is 17.4. The fraction of sp³-hybridized carbons (Fsp3) is 0.478. The predicted molar refractivity (Wildman–Crippen MR) is 111 cm³/mol. The number of hydrogen-bond acceptors (Lipinski definition) is 3. The van der Waals surface area contributed by atoms with Crippen molar-refractivity contribution in [1.82, 2.24) is 14.5 Å². The van der Waals surface area contributed by atoms with E-state index in [9.17, 15) is 4.79 Å². The first-order valence-electron chi connectivity index (χ1n) is 10.4. The van der Waals surface area contributed by atoms with E-state index in [1.54, 1.807) is 0 Å². The standard InChI is InChI=1S/C23H29N3O2/c1-4-5-11-25-13-10-24-22(25)18-7-6-12-26(15-18)23(27)21-17(3)19-14-16(2)8-9-20(19)28-21/h8-10,13-14,18H,4-7,11-12,15H2,1-3H3/t18-/m0/s1. The molecule has 0 spiro atoms. The third-order valence-corrected chi connectivity index (χ3v) is 5.86. The molecule has 0 aliphatic carbocycles. The van der Waals surface area contributed by atoms with Gasteiger partial charge in [0.2, 0.25) is 0 Å². The molecule has 28 heavy (non-hydrogen) atoms. The maximum absolute atomic E-state index is 13.3. The third kappa shape index (κ3) is 3.46. The van der Waals surface area contributed by atoms with E-state index in [2.05, 4.69) is 35.7 Å². The van der Waals surface area contributed by atoms with Crippen molar-refractivity contribution in [1.29, 1.82) is 0 Å². The molecule has 1 aliphatic heterocycles. The first-order chi connectivity index (χ1) is 13.6. The second kappa shape index (κ2) is 7.82. The number of unbranched alkanes of at least 4 members (excludes halogenated alkanes) is 1. The summed E-state index contributed by atoms with van der Waals surface area (Å²) in [6.07, 6.45) is 8.34. The van der Waals surface area contributed by atoms with Crippen molar-refractivity contribution in [2.24, 2.45) is 0 Å². The van der Waals surface area contributed by atoms with Crippen molar-refractivity contribution < 1.29 is 9.21 Å². The molecule has 148 valence electrons. The highest BCUT2D eigenvalue weighted by molar-refractivity contribution is 5.99. The van der Waals surface area contributed by atoms with Crippen molar-refractivity contribution >= 4 is 16.9 Å². The lowest BCUT2D eigenvalue weighted by molar-refractivity contribution is 0.0672. The molecule has 1 atom stereocenters. The monoisotopic (exact) mass is 379 g/mol. The average Bonchev–Trinajstić information content (AvgIpc) is 3.31. The molecule has 2 aromatic heterocycles. The molecule has 1 aliphatic rings. The molecule has 0 bridgehead atoms. The summed E-state index contributed by atoms with van der Waals surface area (Å²) in [5.41, 5.74) is 2.90. The van der Waals surface area contributed by atoms with Crippen molar-refractivity contribution in [3.8, 4) is 0 Å². The number of imidazole rings is 1. The Labute approximate surface area is 166 Å². The number of nitrogens with zero attached hydrogens (tertiary/aromatic N) is 3. The van der Waals surface area contributed by atoms with Crippen LogP contribution in [0, 0.1) is 13.8 Å². The van der Waals surface area contributed by atoms with Gasteiger partial charge in [0, 0.05) is 48.9 Å². The van der Waals surface area contributed by atoms with Gasteiger partial charge in [-0.1, -0.05) is 25.0 Å². The quantitative estimate of drug-likeness (QED) is 0.622. The van der Waals surface area contributed by atoms with Crippen LogP contribution in [0.4, 0.5) is 0 Å². The van der Waals surface area contributed by atoms with Gasteiger partial charge in [0.1, 0.15) is 11.4 Å². The zero-order chi connectivity index (χ0) is 19.7. The van der Waals surface area contributed by atoms with Gasteiger partial charge in [-0.25, -0.2) is 4.98 Å². The molecule has 0 N–H and O–H groups in total. The minimum absolute atomic E-state index is 0.00252. The van der Waals surface area contributed by atoms with Crippen molar-refractivity contribution in [3.63, 3.8) is 0 Å². The summed E-state index contributed by atoms with van der Waals surface area (Å²) < 4.78 is 8.22. The maximum atomic E-state index is 13.3. The van der Waals surface area contributed by atoms with Gasteiger partial charge in [-0.3, -0.25) is 4.79 Å². The van der Waals surface area contributed by atoms with E-state index in [4.69, 9.17) is 4.42 Å². The summed E-state index contributed by atoms with van der Waals surface area (Å²) >= 11 is 0. The molecule has 1 amide bonds. The zero-order valence-electron chi connectivity index (χ0n) is 17.1. The van der Waals surface area contributed by atoms with Crippen LogP contribution in [0.15, 0.2) is 35.0 Å². The van der Waals surface area contributed by atoms with Crippen molar-refractivity contribution in [2.75, 3.05) is 13.1 Å². The smallest absolute Gasteiger partial charge is 0.289 e. The number of amides is 1. The number of carbonyl (C=O) groups is 1. The largest absolute Gasteiger partial charge is 0.451 e. The SMILES string of the molecule is CCCCn1ccnc1[C@H]1CCCN(C(=O)c2oc3ccc(C)cc3c2C)C1. The van der Waals surface area contributed by atoms with Crippen LogP contribution in [-0.2, 0) is 6.54 Å². The second-order valence-corrected chi connectivity index (χ2v) is 7.98. The Hall–Kier alpha value is -2.56. The highest BCUT2D eigenvalue weighted by Gasteiger charge is 2.30. The van der Waals surface area contributed by atoms with Crippen LogP contribution in [0.1, 0.15) is 66.0 Å². The van der Waals surface area contributed by atoms with Crippen molar-refractivity contribution in [3.05, 3.63) is 53.3 Å². The van der Waals surface area contributed by atoms with Gasteiger partial charge < -0.3 is 13.9 Å². The summed E-state index contributed by atoms with van der Waals surface area (Å²) in [6, 6.07) is 6.07. The topological polar surface area (TPSA) is 51.3 Å². The molecule has 3 heterocycles. The number of rotatable bonds is 5. The number of hydrogen-bond donors (Lipinski definition) is 0. The number of carbonyl (C=O) groups excluding carboxylic acids is 1. The van der Waals surface area contributed by atoms with E-state index in [-0.39, 0.29) is 11.8 Å². The van der Waals surface area contributed by atoms with E-state index >= 15 is 0 Å². The Kier molecular flexibility index (Phi) is 5.25. The molecule has 1 fully saturated rings. The summed E-state index contributed by atoms with van der Waals surface area (Å²) in [6.45, 7) is 8.73. The Morgan fingerprint density at radius 1 is 1.32 bits per heavy atom. The van der Waals surface area contributed by atoms with Crippen LogP contribution in [-0.4, -0.2) is 33.4 Å². The van der Waals surface area contributed by atoms with Gasteiger partial charge in [0.05, 0.1) is 0 Å². The number of furan rings is 1. The molecule has 0 radical (unpaired) electrons. The third-order valence-electron chi connectivity index (χ3n) is 5.86. The highest BCUT2D eigenvalue weighted by atomic mass is 16.3. The Bertz CT molecular complexity index is 985. The first-order valence-corrected chi connectivity index (χ1v) is 10.4. The molecule has 3 aromatic rings.